The fourth-order valence-corrected chi connectivity index (χ4v) is 4.13. The summed E-state index contributed by atoms with van der Waals surface area (Å²) in [6.45, 7) is 0.628. The zero-order valence-corrected chi connectivity index (χ0v) is 15.9. The number of benzene rings is 1. The highest BCUT2D eigenvalue weighted by Crippen LogP contribution is 2.25. The molecular formula is C22H26N4O2. The van der Waals surface area contributed by atoms with Gasteiger partial charge in [0.15, 0.2) is 0 Å². The third-order valence-electron chi connectivity index (χ3n) is 5.63. The number of rotatable bonds is 5. The van der Waals surface area contributed by atoms with Gasteiger partial charge in [-0.1, -0.05) is 37.5 Å². The molecule has 0 spiro atoms. The quantitative estimate of drug-likeness (QED) is 0.620. The number of H-pyrrole nitrogens is 2. The number of hydrogen-bond acceptors (Lipinski definition) is 2. The highest BCUT2D eigenvalue weighted by molar-refractivity contribution is 5.89. The van der Waals surface area contributed by atoms with E-state index in [-0.39, 0.29) is 17.6 Å². The summed E-state index contributed by atoms with van der Waals surface area (Å²) < 4.78 is 0. The van der Waals surface area contributed by atoms with Crippen LogP contribution >= 0.6 is 0 Å². The minimum atomic E-state index is -0.281. The lowest BCUT2D eigenvalue weighted by Crippen LogP contribution is -2.45. The molecule has 6 nitrogen and oxygen atoms in total. The molecule has 0 saturated heterocycles. The first kappa shape index (κ1) is 18.3. The summed E-state index contributed by atoms with van der Waals surface area (Å²) in [7, 11) is 0. The molecule has 3 aromatic rings. The zero-order valence-electron chi connectivity index (χ0n) is 15.9. The Hall–Kier alpha value is -3.02. The van der Waals surface area contributed by atoms with Gasteiger partial charge in [0.2, 0.25) is 0 Å². The maximum atomic E-state index is 13.0. The number of urea groups is 1. The Morgan fingerprint density at radius 1 is 1.07 bits per heavy atom. The van der Waals surface area contributed by atoms with E-state index in [0.717, 1.165) is 37.6 Å². The number of aromatic amines is 2. The first-order valence-corrected chi connectivity index (χ1v) is 10.0. The van der Waals surface area contributed by atoms with Gasteiger partial charge in [-0.25, -0.2) is 4.79 Å². The van der Waals surface area contributed by atoms with Crippen molar-refractivity contribution in [3.05, 3.63) is 64.7 Å². The number of nitrogens with one attached hydrogen (secondary N) is 3. The van der Waals surface area contributed by atoms with Crippen LogP contribution in [0.3, 0.4) is 0 Å². The molecule has 0 unspecified atom stereocenters. The molecule has 2 aromatic heterocycles. The van der Waals surface area contributed by atoms with Crippen LogP contribution < -0.4 is 10.9 Å². The monoisotopic (exact) mass is 378 g/mol. The van der Waals surface area contributed by atoms with Crippen LogP contribution in [0.15, 0.2) is 53.6 Å². The van der Waals surface area contributed by atoms with Gasteiger partial charge in [0.1, 0.15) is 5.69 Å². The van der Waals surface area contributed by atoms with Crippen molar-refractivity contribution < 1.29 is 4.79 Å². The highest BCUT2D eigenvalue weighted by Gasteiger charge is 2.26. The molecule has 1 aromatic carbocycles. The molecule has 0 radical (unpaired) electrons. The summed E-state index contributed by atoms with van der Waals surface area (Å²) in [5, 5.41) is 4.01. The van der Waals surface area contributed by atoms with Gasteiger partial charge >= 0.3 is 6.03 Å². The lowest BCUT2D eigenvalue weighted by atomic mass is 9.94. The fourth-order valence-electron chi connectivity index (χ4n) is 4.13. The van der Waals surface area contributed by atoms with Crippen LogP contribution in [0.5, 0.6) is 0 Å². The Bertz CT molecular complexity index is 1000. The van der Waals surface area contributed by atoms with Crippen molar-refractivity contribution in [2.75, 3.05) is 11.9 Å². The van der Waals surface area contributed by atoms with Crippen LogP contribution in [0.1, 0.15) is 37.7 Å². The Labute approximate surface area is 164 Å². The van der Waals surface area contributed by atoms with Crippen LogP contribution in [0.4, 0.5) is 10.5 Å². The van der Waals surface area contributed by atoms with E-state index in [0.29, 0.717) is 12.2 Å². The number of nitrogens with zero attached hydrogens (tertiary/aromatic N) is 1. The summed E-state index contributed by atoms with van der Waals surface area (Å²) in [5.74, 6) is 0. The van der Waals surface area contributed by atoms with Gasteiger partial charge in [-0.05, 0) is 43.0 Å². The molecule has 0 bridgehead atoms. The largest absolute Gasteiger partial charge is 0.361 e. The molecule has 146 valence electrons. The molecule has 1 fully saturated rings. The maximum absolute atomic E-state index is 13.0. The van der Waals surface area contributed by atoms with Crippen molar-refractivity contribution in [2.24, 2.45) is 0 Å². The molecule has 1 saturated carbocycles. The standard InChI is InChI=1S/C22H26N4O2/c27-21-20(11-6-13-23-21)25-22(28)26(17-7-2-1-3-8-17)14-12-16-15-24-19-10-5-4-9-18(16)19/h4-6,9-11,13,15,17,24H,1-3,7-8,12,14H2,(H,23,27)(H,25,28). The molecule has 28 heavy (non-hydrogen) atoms. The lowest BCUT2D eigenvalue weighted by Gasteiger charge is -2.34. The van der Waals surface area contributed by atoms with Crippen LogP contribution in [0.25, 0.3) is 10.9 Å². The van der Waals surface area contributed by atoms with Crippen molar-refractivity contribution in [3.8, 4) is 0 Å². The molecule has 2 amide bonds. The topological polar surface area (TPSA) is 81.0 Å². The minimum absolute atomic E-state index is 0.191. The summed E-state index contributed by atoms with van der Waals surface area (Å²) in [6.07, 6.45) is 9.93. The molecule has 0 atom stereocenters. The van der Waals surface area contributed by atoms with Gasteiger partial charge in [-0.15, -0.1) is 0 Å². The van der Waals surface area contributed by atoms with E-state index >= 15 is 0 Å². The van der Waals surface area contributed by atoms with Gasteiger partial charge in [0, 0.05) is 35.9 Å². The number of fused-ring (bicyclic) bond motifs is 1. The smallest absolute Gasteiger partial charge is 0.322 e. The Kier molecular flexibility index (Phi) is 5.46. The summed E-state index contributed by atoms with van der Waals surface area (Å²) in [6, 6.07) is 11.6. The predicted molar refractivity (Wildman–Crippen MR) is 112 cm³/mol. The summed E-state index contributed by atoms with van der Waals surface area (Å²) in [4.78, 5) is 32.8. The first-order valence-electron chi connectivity index (χ1n) is 10.0. The van der Waals surface area contributed by atoms with E-state index in [2.05, 4.69) is 27.4 Å². The third-order valence-corrected chi connectivity index (χ3v) is 5.63. The fraction of sp³-hybridized carbons (Fsp3) is 0.364. The lowest BCUT2D eigenvalue weighted by molar-refractivity contribution is 0.168. The maximum Gasteiger partial charge on any atom is 0.322 e. The summed E-state index contributed by atoms with van der Waals surface area (Å²) >= 11 is 0. The van der Waals surface area contributed by atoms with E-state index < -0.39 is 0 Å². The van der Waals surface area contributed by atoms with Crippen LogP contribution in [0.2, 0.25) is 0 Å². The van der Waals surface area contributed by atoms with Crippen LogP contribution in [0, 0.1) is 0 Å². The van der Waals surface area contributed by atoms with Gasteiger partial charge in [0.25, 0.3) is 5.56 Å². The van der Waals surface area contributed by atoms with Crippen LogP contribution in [-0.4, -0.2) is 33.5 Å². The number of hydrogen-bond donors (Lipinski definition) is 3. The second-order valence-electron chi connectivity index (χ2n) is 7.44. The van der Waals surface area contributed by atoms with Gasteiger partial charge in [-0.2, -0.15) is 0 Å². The second kappa shape index (κ2) is 8.33. The minimum Gasteiger partial charge on any atom is -0.361 e. The number of carbonyl (C=O) groups is 1. The zero-order chi connectivity index (χ0) is 19.3. The Morgan fingerprint density at radius 3 is 2.71 bits per heavy atom. The van der Waals surface area contributed by atoms with Gasteiger partial charge < -0.3 is 20.2 Å². The molecule has 2 heterocycles. The highest BCUT2D eigenvalue weighted by atomic mass is 16.2. The molecule has 4 rings (SSSR count). The van der Waals surface area contributed by atoms with Crippen molar-refractivity contribution in [2.45, 2.75) is 44.6 Å². The number of aromatic nitrogens is 2. The average Bonchev–Trinajstić information content (AvgIpc) is 3.14. The molecule has 3 N–H and O–H groups in total. The van der Waals surface area contributed by atoms with E-state index in [1.165, 1.54) is 17.4 Å². The van der Waals surface area contributed by atoms with Crippen molar-refractivity contribution >= 4 is 22.6 Å². The number of para-hydroxylation sites is 1. The molecule has 1 aliphatic carbocycles. The number of anilines is 1. The Balaban J connectivity index is 1.52. The Morgan fingerprint density at radius 2 is 1.89 bits per heavy atom. The van der Waals surface area contributed by atoms with Crippen molar-refractivity contribution in [1.29, 1.82) is 0 Å². The number of carbonyl (C=O) groups excluding carboxylic acids is 1. The SMILES string of the molecule is O=C(Nc1ccc[nH]c1=O)N(CCc1c[nH]c2ccccc12)C1CCCCC1. The van der Waals surface area contributed by atoms with E-state index in [1.54, 1.807) is 18.3 Å². The number of amides is 2. The number of pyridine rings is 1. The molecule has 6 heteroatoms. The molecule has 1 aliphatic rings. The van der Waals surface area contributed by atoms with Gasteiger partial charge in [0.05, 0.1) is 0 Å². The second-order valence-corrected chi connectivity index (χ2v) is 7.44. The average molecular weight is 378 g/mol. The normalized spacial score (nSPS) is 14.9. The molecule has 0 aliphatic heterocycles. The predicted octanol–water partition coefficient (Wildman–Crippen LogP) is 4.27. The van der Waals surface area contributed by atoms with Crippen molar-refractivity contribution in [1.82, 2.24) is 14.9 Å². The van der Waals surface area contributed by atoms with Crippen molar-refractivity contribution in [3.63, 3.8) is 0 Å². The van der Waals surface area contributed by atoms with E-state index in [1.807, 2.05) is 23.2 Å². The first-order chi connectivity index (χ1) is 13.7. The van der Waals surface area contributed by atoms with Crippen LogP contribution in [-0.2, 0) is 6.42 Å². The molecular weight excluding hydrogens is 352 g/mol. The van der Waals surface area contributed by atoms with Gasteiger partial charge in [-0.3, -0.25) is 4.79 Å². The summed E-state index contributed by atoms with van der Waals surface area (Å²) in [5.41, 5.74) is 2.33. The third kappa shape index (κ3) is 3.96. The van der Waals surface area contributed by atoms with E-state index in [9.17, 15) is 9.59 Å². The van der Waals surface area contributed by atoms with E-state index in [4.69, 9.17) is 0 Å².